The Balaban J connectivity index is 2.13. The van der Waals surface area contributed by atoms with Crippen LogP contribution in [0.1, 0.15) is 19.4 Å². The minimum Gasteiger partial charge on any atom is -0.460 e. The average Bonchev–Trinajstić information content (AvgIpc) is 3.06. The van der Waals surface area contributed by atoms with E-state index < -0.39 is 41.1 Å². The quantitative estimate of drug-likeness (QED) is 0.461. The largest absolute Gasteiger partial charge is 0.460 e. The van der Waals surface area contributed by atoms with E-state index in [1.807, 2.05) is 13.8 Å². The van der Waals surface area contributed by atoms with E-state index in [0.29, 0.717) is 5.03 Å². The van der Waals surface area contributed by atoms with Gasteiger partial charge in [-0.05, 0) is 11.5 Å². The number of benzene rings is 1. The highest BCUT2D eigenvalue weighted by molar-refractivity contribution is 6.37. The summed E-state index contributed by atoms with van der Waals surface area (Å²) in [5.74, 6) is -3.46. The SMILES string of the molecule is CC1(C)C(C(=O)OCc2c(F)c(Cl)cc(Cl)c2F)C1C(Cl)=CCl. The van der Waals surface area contributed by atoms with Gasteiger partial charge in [0.15, 0.2) is 11.6 Å². The Hall–Kier alpha value is -0.550. The van der Waals surface area contributed by atoms with Gasteiger partial charge in [0.1, 0.15) is 6.61 Å². The third-order valence-corrected chi connectivity index (χ3v) is 5.29. The van der Waals surface area contributed by atoms with Crippen LogP contribution in [0.15, 0.2) is 16.6 Å². The summed E-state index contributed by atoms with van der Waals surface area (Å²) in [5.41, 5.74) is 0.254. The van der Waals surface area contributed by atoms with Gasteiger partial charge in [0.25, 0.3) is 0 Å². The summed E-state index contributed by atoms with van der Waals surface area (Å²) in [4.78, 5) is 12.2. The number of hydrogen-bond donors (Lipinski definition) is 0. The molecular weight excluding hydrogens is 392 g/mol. The zero-order valence-corrected chi connectivity index (χ0v) is 15.1. The molecule has 0 amide bonds. The third-order valence-electron chi connectivity index (χ3n) is 4.04. The van der Waals surface area contributed by atoms with Gasteiger partial charge >= 0.3 is 5.97 Å². The highest BCUT2D eigenvalue weighted by Crippen LogP contribution is 2.63. The first-order valence-electron chi connectivity index (χ1n) is 6.57. The van der Waals surface area contributed by atoms with E-state index >= 15 is 0 Å². The summed E-state index contributed by atoms with van der Waals surface area (Å²) < 4.78 is 32.7. The second-order valence-corrected chi connectivity index (χ2v) is 7.29. The highest BCUT2D eigenvalue weighted by Gasteiger charge is 2.64. The van der Waals surface area contributed by atoms with Crippen LogP contribution >= 0.6 is 46.4 Å². The van der Waals surface area contributed by atoms with Crippen molar-refractivity contribution in [2.75, 3.05) is 0 Å². The van der Waals surface area contributed by atoms with Gasteiger partial charge in [0.05, 0.1) is 21.5 Å². The van der Waals surface area contributed by atoms with Crippen LogP contribution in [0.2, 0.25) is 10.0 Å². The van der Waals surface area contributed by atoms with Gasteiger partial charge in [-0.15, -0.1) is 0 Å². The summed E-state index contributed by atoms with van der Waals surface area (Å²) in [5, 5.41) is -0.359. The number of rotatable bonds is 4. The number of carbonyl (C=O) groups is 1. The number of halogens is 6. The zero-order valence-electron chi connectivity index (χ0n) is 12.1. The van der Waals surface area contributed by atoms with Crippen molar-refractivity contribution in [2.24, 2.45) is 17.3 Å². The lowest BCUT2D eigenvalue weighted by Gasteiger charge is -2.09. The summed E-state index contributed by atoms with van der Waals surface area (Å²) in [6.45, 7) is 3.03. The molecular formula is C15H12Cl4F2O2. The van der Waals surface area contributed by atoms with Gasteiger partial charge in [-0.1, -0.05) is 60.3 Å². The molecule has 0 saturated heterocycles. The average molecular weight is 404 g/mol. The predicted molar refractivity (Wildman–Crippen MR) is 86.7 cm³/mol. The normalized spacial score (nSPS) is 22.9. The minimum absolute atomic E-state index is 0.285. The van der Waals surface area contributed by atoms with E-state index in [9.17, 15) is 13.6 Å². The second kappa shape index (κ2) is 6.75. The van der Waals surface area contributed by atoms with Gasteiger partial charge in [-0.25, -0.2) is 8.78 Å². The van der Waals surface area contributed by atoms with Gasteiger partial charge in [-0.2, -0.15) is 0 Å². The van der Waals surface area contributed by atoms with Crippen LogP contribution in [0.4, 0.5) is 8.78 Å². The van der Waals surface area contributed by atoms with Crippen LogP contribution in [0.5, 0.6) is 0 Å². The molecule has 0 radical (unpaired) electrons. The van der Waals surface area contributed by atoms with Gasteiger partial charge < -0.3 is 4.74 Å². The van der Waals surface area contributed by atoms with E-state index in [-0.39, 0.29) is 16.0 Å². The Morgan fingerprint density at radius 2 is 1.78 bits per heavy atom. The van der Waals surface area contributed by atoms with Crippen LogP contribution in [0.3, 0.4) is 0 Å². The lowest BCUT2D eigenvalue weighted by Crippen LogP contribution is -2.12. The van der Waals surface area contributed by atoms with Crippen LogP contribution in [-0.4, -0.2) is 5.97 Å². The molecule has 1 aliphatic carbocycles. The van der Waals surface area contributed by atoms with Crippen molar-refractivity contribution in [3.63, 3.8) is 0 Å². The molecule has 126 valence electrons. The summed E-state index contributed by atoms with van der Waals surface area (Å²) in [7, 11) is 0. The maximum Gasteiger partial charge on any atom is 0.310 e. The zero-order chi connectivity index (χ0) is 17.5. The first-order valence-corrected chi connectivity index (χ1v) is 8.14. The molecule has 1 saturated carbocycles. The van der Waals surface area contributed by atoms with E-state index in [4.69, 9.17) is 51.1 Å². The third kappa shape index (κ3) is 3.46. The summed E-state index contributed by atoms with van der Waals surface area (Å²) in [6, 6.07) is 0.949. The van der Waals surface area contributed by atoms with Crippen LogP contribution in [0, 0.1) is 28.9 Å². The molecule has 8 heteroatoms. The minimum atomic E-state index is -1.01. The predicted octanol–water partition coefficient (Wildman–Crippen LogP) is 5.91. The number of esters is 1. The number of carbonyl (C=O) groups excluding carboxylic acids is 1. The molecule has 0 heterocycles. The highest BCUT2D eigenvalue weighted by atomic mass is 35.5. The monoisotopic (exact) mass is 402 g/mol. The van der Waals surface area contributed by atoms with Gasteiger partial charge in [0, 0.05) is 16.5 Å². The van der Waals surface area contributed by atoms with E-state index in [0.717, 1.165) is 6.07 Å². The molecule has 0 spiro atoms. The Labute approximate surface area is 152 Å². The van der Waals surface area contributed by atoms with Crippen molar-refractivity contribution in [1.82, 2.24) is 0 Å². The summed E-state index contributed by atoms with van der Waals surface area (Å²) in [6.07, 6.45) is 0. The smallest absolute Gasteiger partial charge is 0.310 e. The molecule has 1 aliphatic rings. The molecule has 2 unspecified atom stereocenters. The van der Waals surface area contributed by atoms with Crippen LogP contribution < -0.4 is 0 Å². The lowest BCUT2D eigenvalue weighted by atomic mass is 10.1. The Morgan fingerprint density at radius 1 is 1.26 bits per heavy atom. The topological polar surface area (TPSA) is 26.3 Å². The van der Waals surface area contributed by atoms with E-state index in [2.05, 4.69) is 0 Å². The Bertz CT molecular complexity index is 662. The number of ether oxygens (including phenoxy) is 1. The molecule has 2 rings (SSSR count). The molecule has 0 aromatic heterocycles. The molecule has 0 aliphatic heterocycles. The second-order valence-electron chi connectivity index (χ2n) is 5.83. The first kappa shape index (κ1) is 18.8. The van der Waals surface area contributed by atoms with Crippen molar-refractivity contribution in [3.05, 3.63) is 43.9 Å². The summed E-state index contributed by atoms with van der Waals surface area (Å²) >= 11 is 22.7. The van der Waals surface area contributed by atoms with Crippen molar-refractivity contribution < 1.29 is 18.3 Å². The maximum absolute atomic E-state index is 13.9. The maximum atomic E-state index is 13.9. The van der Waals surface area contributed by atoms with Gasteiger partial charge in [-0.3, -0.25) is 4.79 Å². The van der Waals surface area contributed by atoms with Crippen molar-refractivity contribution in [1.29, 1.82) is 0 Å². The number of hydrogen-bond acceptors (Lipinski definition) is 2. The Morgan fingerprint density at radius 3 is 2.26 bits per heavy atom. The Kier molecular flexibility index (Phi) is 5.51. The van der Waals surface area contributed by atoms with Crippen LogP contribution in [0.25, 0.3) is 0 Å². The molecule has 0 N–H and O–H groups in total. The first-order chi connectivity index (χ1) is 10.6. The molecule has 1 aromatic rings. The molecule has 2 nitrogen and oxygen atoms in total. The fraction of sp³-hybridized carbons (Fsp3) is 0.400. The molecule has 23 heavy (non-hydrogen) atoms. The lowest BCUT2D eigenvalue weighted by molar-refractivity contribution is -0.147. The van der Waals surface area contributed by atoms with E-state index in [1.165, 1.54) is 5.54 Å². The fourth-order valence-electron chi connectivity index (χ4n) is 2.64. The molecule has 1 fully saturated rings. The van der Waals surface area contributed by atoms with Gasteiger partial charge in [0.2, 0.25) is 0 Å². The van der Waals surface area contributed by atoms with Crippen LogP contribution in [-0.2, 0) is 16.1 Å². The fourth-order valence-corrected chi connectivity index (χ4v) is 3.69. The standard InChI is InChI=1S/C15H12Cl4F2O2/c1-15(2)10(9(19)4-16)11(15)14(22)23-5-6-12(20)7(17)3-8(18)13(6)21/h3-4,10-11H,5H2,1-2H3. The molecule has 2 atom stereocenters. The molecule has 0 bridgehead atoms. The van der Waals surface area contributed by atoms with Crippen molar-refractivity contribution >= 4 is 52.4 Å². The molecule has 1 aromatic carbocycles. The van der Waals surface area contributed by atoms with Crippen molar-refractivity contribution in [3.8, 4) is 0 Å². The van der Waals surface area contributed by atoms with E-state index in [1.54, 1.807) is 0 Å². The van der Waals surface area contributed by atoms with Crippen molar-refractivity contribution in [2.45, 2.75) is 20.5 Å². The number of allylic oxidation sites excluding steroid dienone is 1.